The highest BCUT2D eigenvalue weighted by atomic mass is 32.1. The van der Waals surface area contributed by atoms with Gasteiger partial charge in [0.2, 0.25) is 0 Å². The molecule has 0 saturated carbocycles. The van der Waals surface area contributed by atoms with E-state index in [0.29, 0.717) is 0 Å². The van der Waals surface area contributed by atoms with Crippen LogP contribution in [0.3, 0.4) is 0 Å². The lowest BCUT2D eigenvalue weighted by atomic mass is 9.35. The van der Waals surface area contributed by atoms with E-state index in [1.807, 2.05) is 6.07 Å². The molecular formula is C66H79BN2S. The van der Waals surface area contributed by atoms with Crippen molar-refractivity contribution in [3.63, 3.8) is 0 Å². The fourth-order valence-electron chi connectivity index (χ4n) is 13.6. The zero-order valence-corrected chi connectivity index (χ0v) is 46.9. The minimum atomic E-state index is -0.130. The van der Waals surface area contributed by atoms with E-state index in [4.69, 9.17) is 0 Å². The smallest absolute Gasteiger partial charge is 0.264 e. The summed E-state index contributed by atoms with van der Waals surface area (Å²) in [6, 6.07) is 38.8. The molecule has 0 amide bonds. The van der Waals surface area contributed by atoms with Crippen molar-refractivity contribution in [3.05, 3.63) is 135 Å². The van der Waals surface area contributed by atoms with E-state index in [9.17, 15) is 0 Å². The zero-order chi connectivity index (χ0) is 50.3. The highest BCUT2D eigenvalue weighted by Crippen LogP contribution is 2.60. The summed E-state index contributed by atoms with van der Waals surface area (Å²) in [6.45, 7) is 44.5. The molecule has 5 aromatic carbocycles. The number of rotatable bonds is 3. The van der Waals surface area contributed by atoms with Gasteiger partial charge in [-0.1, -0.05) is 167 Å². The zero-order valence-electron chi connectivity index (χ0n) is 46.1. The van der Waals surface area contributed by atoms with Crippen LogP contribution in [0, 0.1) is 12.1 Å². The third-order valence-corrected chi connectivity index (χ3v) is 20.1. The standard InChI is InChI=1S/C66H79BN2S/c1-59(2,3)41-24-29-49(44(36-41)40-22-20-19-21-23-40)69-51-38-42(60(4,5)6)37-50-54(51)67(58-56(69)53-57(70-58)66(17,18)35-34-65(53,15)16)48-28-27-46-52(64(13,14)33-32-62(46,9)10)55(48)68(50)43-25-26-45-47(39-43)63(11,12)31-30-61(45,7)8/h19-20,22,24-29,36-39H,30-35H2,1-18H3. The van der Waals surface area contributed by atoms with Gasteiger partial charge in [0.1, 0.15) is 0 Å². The van der Waals surface area contributed by atoms with Crippen LogP contribution in [-0.4, -0.2) is 6.71 Å². The number of nitrogens with zero attached hydrogens (tertiary/aromatic N) is 2. The number of hydrogen-bond donors (Lipinski definition) is 0. The van der Waals surface area contributed by atoms with Crippen LogP contribution in [0.5, 0.6) is 0 Å². The molecule has 0 radical (unpaired) electrons. The SMILES string of the molecule is CC(C)(C)c1ccc(N2c3cc(C(C)(C)C)cc4c3B(c3ccc5c(c3N4c3ccc4c(c3)C(C)(C)CCC4(C)C)C(C)(C)CCC5(C)C)c3sc4c(c32)C(C)(C)CCC4(C)C)c(-c2c#cccc2)c1. The second kappa shape index (κ2) is 14.9. The van der Waals surface area contributed by atoms with Gasteiger partial charge in [-0.15, -0.1) is 0 Å². The van der Waals surface area contributed by atoms with Crippen molar-refractivity contribution >= 4 is 67.9 Å². The molecule has 6 aromatic rings. The van der Waals surface area contributed by atoms with Crippen LogP contribution in [0.15, 0.2) is 78.9 Å². The molecule has 0 spiro atoms. The molecule has 70 heavy (non-hydrogen) atoms. The van der Waals surface area contributed by atoms with Crippen molar-refractivity contribution in [3.8, 4) is 11.1 Å². The van der Waals surface area contributed by atoms with Crippen LogP contribution < -0.4 is 25.5 Å². The quantitative estimate of drug-likeness (QED) is 0.163. The van der Waals surface area contributed by atoms with Crippen LogP contribution in [0.1, 0.15) is 207 Å². The largest absolute Gasteiger partial charge is 0.311 e. The van der Waals surface area contributed by atoms with Crippen molar-refractivity contribution in [2.75, 3.05) is 9.80 Å². The lowest BCUT2D eigenvalue weighted by molar-refractivity contribution is 0.331. The molecule has 0 bridgehead atoms. The predicted molar refractivity (Wildman–Crippen MR) is 305 cm³/mol. The number of thiophene rings is 1. The fourth-order valence-corrected chi connectivity index (χ4v) is 15.3. The van der Waals surface area contributed by atoms with Gasteiger partial charge in [-0.25, -0.2) is 0 Å². The summed E-state index contributed by atoms with van der Waals surface area (Å²) in [5, 5.41) is 0. The Morgan fingerprint density at radius 2 is 1.09 bits per heavy atom. The molecule has 5 aliphatic rings. The number of hydrogen-bond acceptors (Lipinski definition) is 3. The summed E-state index contributed by atoms with van der Waals surface area (Å²) >= 11 is 2.14. The van der Waals surface area contributed by atoms with Gasteiger partial charge in [0.05, 0.1) is 11.4 Å². The van der Waals surface area contributed by atoms with Crippen molar-refractivity contribution in [1.82, 2.24) is 0 Å². The Bertz CT molecular complexity index is 3140. The van der Waals surface area contributed by atoms with E-state index >= 15 is 0 Å². The lowest BCUT2D eigenvalue weighted by Crippen LogP contribution is -2.61. The molecule has 0 fully saturated rings. The van der Waals surface area contributed by atoms with E-state index in [1.54, 1.807) is 16.0 Å². The number of benzene rings is 4. The molecular weight excluding hydrogens is 864 g/mol. The Balaban J connectivity index is 1.34. The van der Waals surface area contributed by atoms with Crippen LogP contribution in [0.4, 0.5) is 34.1 Å². The van der Waals surface area contributed by atoms with E-state index in [-0.39, 0.29) is 50.0 Å². The monoisotopic (exact) mass is 943 g/mol. The van der Waals surface area contributed by atoms with Crippen molar-refractivity contribution in [1.29, 1.82) is 0 Å². The first-order chi connectivity index (χ1) is 32.4. The second-order valence-electron chi connectivity index (χ2n) is 28.5. The van der Waals surface area contributed by atoms with E-state index in [2.05, 4.69) is 231 Å². The number of anilines is 6. The van der Waals surface area contributed by atoms with Gasteiger partial charge in [-0.3, -0.25) is 0 Å². The molecule has 4 heteroatoms. The van der Waals surface area contributed by atoms with Crippen molar-refractivity contribution in [2.45, 2.75) is 206 Å². The third-order valence-electron chi connectivity index (χ3n) is 18.5. The molecule has 3 heterocycles. The maximum Gasteiger partial charge on any atom is 0.264 e. The van der Waals surface area contributed by atoms with E-state index in [1.165, 1.54) is 109 Å². The third kappa shape index (κ3) is 7.00. The highest BCUT2D eigenvalue weighted by Gasteiger charge is 2.53. The van der Waals surface area contributed by atoms with Crippen molar-refractivity contribution < 1.29 is 0 Å². The molecule has 11 rings (SSSR count). The van der Waals surface area contributed by atoms with Gasteiger partial charge in [-0.2, -0.15) is 11.3 Å². The highest BCUT2D eigenvalue weighted by molar-refractivity contribution is 7.29. The van der Waals surface area contributed by atoms with Gasteiger partial charge in [0.25, 0.3) is 6.71 Å². The Morgan fingerprint density at radius 3 is 1.71 bits per heavy atom. The first kappa shape index (κ1) is 47.6. The first-order valence-electron chi connectivity index (χ1n) is 26.8. The van der Waals surface area contributed by atoms with Crippen LogP contribution in [0.2, 0.25) is 0 Å². The van der Waals surface area contributed by atoms with E-state index < -0.39 is 0 Å². The summed E-state index contributed by atoms with van der Waals surface area (Å²) < 4.78 is 1.50. The molecule has 362 valence electrons. The Morgan fingerprint density at radius 1 is 0.514 bits per heavy atom. The summed E-state index contributed by atoms with van der Waals surface area (Å²) in [5.74, 6) is 0. The summed E-state index contributed by atoms with van der Waals surface area (Å²) in [4.78, 5) is 7.17. The van der Waals surface area contributed by atoms with Gasteiger partial charge < -0.3 is 9.80 Å². The molecule has 3 aliphatic carbocycles. The molecule has 2 nitrogen and oxygen atoms in total. The van der Waals surface area contributed by atoms with Gasteiger partial charge in [0, 0.05) is 43.5 Å². The van der Waals surface area contributed by atoms with E-state index in [0.717, 1.165) is 18.4 Å². The average Bonchev–Trinajstić information content (AvgIpc) is 3.71. The Kier molecular flexibility index (Phi) is 10.2. The summed E-state index contributed by atoms with van der Waals surface area (Å²) in [7, 11) is 0. The van der Waals surface area contributed by atoms with Crippen molar-refractivity contribution in [2.24, 2.45) is 0 Å². The first-order valence-corrected chi connectivity index (χ1v) is 27.6. The molecule has 0 N–H and O–H groups in total. The van der Waals surface area contributed by atoms with Gasteiger partial charge in [-0.05, 0) is 180 Å². The average molecular weight is 943 g/mol. The van der Waals surface area contributed by atoms with Crippen LogP contribution >= 0.6 is 11.3 Å². The number of fused-ring (bicyclic) bond motifs is 9. The molecule has 0 unspecified atom stereocenters. The fraction of sp³-hybridized carbons (Fsp3) is 0.485. The second-order valence-corrected chi connectivity index (χ2v) is 29.5. The summed E-state index contributed by atoms with van der Waals surface area (Å²) in [6.07, 6.45) is 7.05. The molecule has 2 aliphatic heterocycles. The maximum atomic E-state index is 3.62. The molecule has 0 atom stereocenters. The maximum absolute atomic E-state index is 3.62. The van der Waals surface area contributed by atoms with Gasteiger partial charge >= 0.3 is 0 Å². The molecule has 1 aromatic heterocycles. The van der Waals surface area contributed by atoms with Gasteiger partial charge in [0.15, 0.2) is 0 Å². The minimum absolute atomic E-state index is 0.0254. The van der Waals surface area contributed by atoms with Crippen LogP contribution in [-0.2, 0) is 43.3 Å². The lowest BCUT2D eigenvalue weighted by Gasteiger charge is -2.50. The minimum Gasteiger partial charge on any atom is -0.311 e. The summed E-state index contributed by atoms with van der Waals surface area (Å²) in [5.41, 5.74) is 23.6. The Labute approximate surface area is 427 Å². The van der Waals surface area contributed by atoms with Crippen LogP contribution in [0.25, 0.3) is 11.1 Å². The normalized spacial score (nSPS) is 20.6. The predicted octanol–water partition coefficient (Wildman–Crippen LogP) is 16.7. The molecule has 0 saturated heterocycles. The topological polar surface area (TPSA) is 6.48 Å². The Hall–Kier alpha value is -4.72.